The number of carbonyl (C=O) groups is 2. The largest absolute Gasteiger partial charge is 0.391 e. The summed E-state index contributed by atoms with van der Waals surface area (Å²) in [5, 5.41) is 14.7. The summed E-state index contributed by atoms with van der Waals surface area (Å²) in [6.07, 6.45) is 0.707. The van der Waals surface area contributed by atoms with Crippen molar-refractivity contribution in [2.75, 3.05) is 6.54 Å². The fraction of sp³-hybridized carbons (Fsp3) is 0.778. The second kappa shape index (κ2) is 5.09. The molecule has 6 nitrogen and oxygen atoms in total. The number of hydrogen-bond acceptors (Lipinski definition) is 4. The zero-order valence-corrected chi connectivity index (χ0v) is 8.69. The van der Waals surface area contributed by atoms with Crippen molar-refractivity contribution in [1.29, 1.82) is 0 Å². The number of hydrogen-bond donors (Lipinski definition) is 4. The topological polar surface area (TPSA) is 104 Å². The first kappa shape index (κ1) is 11.9. The van der Waals surface area contributed by atoms with Gasteiger partial charge in [0.25, 0.3) is 0 Å². The summed E-state index contributed by atoms with van der Waals surface area (Å²) in [6.45, 7) is 2.21. The van der Waals surface area contributed by atoms with Gasteiger partial charge in [-0.2, -0.15) is 0 Å². The molecule has 86 valence electrons. The van der Waals surface area contributed by atoms with Gasteiger partial charge in [0.1, 0.15) is 6.04 Å². The molecule has 1 aliphatic rings. The lowest BCUT2D eigenvalue weighted by Gasteiger charge is -2.20. The Bertz CT molecular complexity index is 249. The second-order valence-electron chi connectivity index (χ2n) is 3.78. The van der Waals surface area contributed by atoms with Gasteiger partial charge in [0, 0.05) is 0 Å². The highest BCUT2D eigenvalue weighted by Crippen LogP contribution is 2.05. The van der Waals surface area contributed by atoms with Gasteiger partial charge in [0.05, 0.1) is 12.1 Å². The van der Waals surface area contributed by atoms with E-state index in [2.05, 4.69) is 10.6 Å². The van der Waals surface area contributed by atoms with Gasteiger partial charge >= 0.3 is 0 Å². The molecule has 2 unspecified atom stereocenters. The Labute approximate surface area is 88.2 Å². The average molecular weight is 215 g/mol. The summed E-state index contributed by atoms with van der Waals surface area (Å²) in [5.74, 6) is -1.01. The van der Waals surface area contributed by atoms with Crippen LogP contribution in [-0.2, 0) is 9.59 Å². The second-order valence-corrected chi connectivity index (χ2v) is 3.78. The third kappa shape index (κ3) is 3.17. The van der Waals surface area contributed by atoms with Crippen LogP contribution in [0.3, 0.4) is 0 Å². The molecule has 2 amide bonds. The number of amides is 2. The molecule has 0 spiro atoms. The number of nitrogens with one attached hydrogen (secondary N) is 2. The van der Waals surface area contributed by atoms with E-state index in [0.717, 1.165) is 19.4 Å². The van der Waals surface area contributed by atoms with E-state index in [1.165, 1.54) is 6.92 Å². The molecule has 5 N–H and O–H groups in total. The first-order valence-corrected chi connectivity index (χ1v) is 5.03. The van der Waals surface area contributed by atoms with Gasteiger partial charge in [-0.3, -0.25) is 9.59 Å². The Kier molecular flexibility index (Phi) is 4.05. The molecule has 1 rings (SSSR count). The van der Waals surface area contributed by atoms with E-state index in [1.54, 1.807) is 0 Å². The van der Waals surface area contributed by atoms with Gasteiger partial charge in [-0.1, -0.05) is 0 Å². The lowest BCUT2D eigenvalue weighted by Crippen LogP contribution is -2.54. The van der Waals surface area contributed by atoms with Crippen LogP contribution in [-0.4, -0.2) is 41.7 Å². The summed E-state index contributed by atoms with van der Waals surface area (Å²) < 4.78 is 0. The highest BCUT2D eigenvalue weighted by atomic mass is 16.3. The molecule has 3 atom stereocenters. The van der Waals surface area contributed by atoms with Crippen LogP contribution < -0.4 is 16.4 Å². The normalized spacial score (nSPS) is 24.5. The van der Waals surface area contributed by atoms with Crippen LogP contribution in [0.2, 0.25) is 0 Å². The monoisotopic (exact) mass is 215 g/mol. The first-order chi connectivity index (χ1) is 7.02. The average Bonchev–Trinajstić information content (AvgIpc) is 2.65. The van der Waals surface area contributed by atoms with Crippen molar-refractivity contribution in [2.45, 2.75) is 38.0 Å². The van der Waals surface area contributed by atoms with Crippen molar-refractivity contribution >= 4 is 11.8 Å². The third-order valence-electron chi connectivity index (χ3n) is 2.46. The van der Waals surface area contributed by atoms with Crippen molar-refractivity contribution in [3.8, 4) is 0 Å². The minimum absolute atomic E-state index is 0.273. The van der Waals surface area contributed by atoms with E-state index >= 15 is 0 Å². The Morgan fingerprint density at radius 2 is 2.27 bits per heavy atom. The summed E-state index contributed by atoms with van der Waals surface area (Å²) in [5.41, 5.74) is 5.05. The Morgan fingerprint density at radius 1 is 1.60 bits per heavy atom. The molecule has 1 fully saturated rings. The van der Waals surface area contributed by atoms with Crippen molar-refractivity contribution in [2.24, 2.45) is 5.73 Å². The summed E-state index contributed by atoms with van der Waals surface area (Å²) in [6, 6.07) is -1.29. The lowest BCUT2D eigenvalue weighted by molar-refractivity contribution is -0.130. The molecule has 0 aliphatic carbocycles. The predicted octanol–water partition coefficient (Wildman–Crippen LogP) is -1.91. The van der Waals surface area contributed by atoms with Crippen LogP contribution in [0.1, 0.15) is 19.8 Å². The molecule has 0 saturated carbocycles. The van der Waals surface area contributed by atoms with Crippen LogP contribution in [0.4, 0.5) is 0 Å². The summed E-state index contributed by atoms with van der Waals surface area (Å²) in [4.78, 5) is 22.5. The van der Waals surface area contributed by atoms with Crippen LogP contribution in [0.5, 0.6) is 0 Å². The van der Waals surface area contributed by atoms with E-state index < -0.39 is 18.1 Å². The van der Waals surface area contributed by atoms with Crippen LogP contribution in [0.25, 0.3) is 0 Å². The minimum Gasteiger partial charge on any atom is -0.391 e. The predicted molar refractivity (Wildman–Crippen MR) is 53.8 cm³/mol. The maximum atomic E-state index is 11.6. The molecule has 6 heteroatoms. The highest BCUT2D eigenvalue weighted by Gasteiger charge is 2.28. The van der Waals surface area contributed by atoms with Gasteiger partial charge in [0.2, 0.25) is 11.8 Å². The van der Waals surface area contributed by atoms with Gasteiger partial charge in [-0.15, -0.1) is 0 Å². The van der Waals surface area contributed by atoms with E-state index in [-0.39, 0.29) is 11.9 Å². The molecule has 0 bridgehead atoms. The van der Waals surface area contributed by atoms with E-state index in [9.17, 15) is 14.7 Å². The number of primary amides is 1. The van der Waals surface area contributed by atoms with Gasteiger partial charge in [0.15, 0.2) is 0 Å². The van der Waals surface area contributed by atoms with E-state index in [4.69, 9.17) is 5.73 Å². The zero-order chi connectivity index (χ0) is 11.4. The molecular weight excluding hydrogens is 198 g/mol. The fourth-order valence-corrected chi connectivity index (χ4v) is 1.59. The lowest BCUT2D eigenvalue weighted by atomic mass is 10.1. The van der Waals surface area contributed by atoms with Gasteiger partial charge < -0.3 is 21.5 Å². The maximum absolute atomic E-state index is 11.6. The molecule has 1 heterocycles. The van der Waals surface area contributed by atoms with Gasteiger partial charge in [-0.05, 0) is 26.3 Å². The molecule has 1 saturated heterocycles. The molecule has 15 heavy (non-hydrogen) atoms. The number of carbonyl (C=O) groups excluding carboxylic acids is 2. The van der Waals surface area contributed by atoms with Crippen molar-refractivity contribution in [3.05, 3.63) is 0 Å². The SMILES string of the molecule is CC(O)C(NC(=O)[C@@H]1CCCN1)C(N)=O. The maximum Gasteiger partial charge on any atom is 0.242 e. The summed E-state index contributed by atoms with van der Waals surface area (Å²) >= 11 is 0. The fourth-order valence-electron chi connectivity index (χ4n) is 1.59. The summed E-state index contributed by atoms with van der Waals surface area (Å²) in [7, 11) is 0. The van der Waals surface area contributed by atoms with E-state index in [0.29, 0.717) is 0 Å². The molecule has 0 radical (unpaired) electrons. The number of rotatable bonds is 4. The zero-order valence-electron chi connectivity index (χ0n) is 8.69. The Morgan fingerprint density at radius 3 is 2.67 bits per heavy atom. The van der Waals surface area contributed by atoms with Crippen molar-refractivity contribution in [3.63, 3.8) is 0 Å². The molecule has 1 aliphatic heterocycles. The number of aliphatic hydroxyl groups is 1. The number of nitrogens with two attached hydrogens (primary N) is 1. The third-order valence-corrected chi connectivity index (χ3v) is 2.46. The van der Waals surface area contributed by atoms with Gasteiger partial charge in [-0.25, -0.2) is 0 Å². The molecular formula is C9H17N3O3. The highest BCUT2D eigenvalue weighted by molar-refractivity contribution is 5.89. The Hall–Kier alpha value is -1.14. The van der Waals surface area contributed by atoms with E-state index in [1.807, 2.05) is 0 Å². The molecule has 0 aromatic carbocycles. The number of aliphatic hydroxyl groups excluding tert-OH is 1. The minimum atomic E-state index is -1.01. The first-order valence-electron chi connectivity index (χ1n) is 5.03. The Balaban J connectivity index is 2.50. The van der Waals surface area contributed by atoms with Crippen LogP contribution >= 0.6 is 0 Å². The quantitative estimate of drug-likeness (QED) is 0.439. The smallest absolute Gasteiger partial charge is 0.242 e. The standard InChI is InChI=1S/C9H17N3O3/c1-5(13)7(8(10)14)12-9(15)6-3-2-4-11-6/h5-7,11,13H,2-4H2,1H3,(H2,10,14)(H,12,15)/t5?,6-,7?/m0/s1. The van der Waals surface area contributed by atoms with Crippen molar-refractivity contribution < 1.29 is 14.7 Å². The molecule has 0 aromatic rings. The molecule has 0 aromatic heterocycles. The van der Waals surface area contributed by atoms with Crippen LogP contribution in [0.15, 0.2) is 0 Å². The van der Waals surface area contributed by atoms with Crippen LogP contribution in [0, 0.1) is 0 Å². The van der Waals surface area contributed by atoms with Crippen molar-refractivity contribution in [1.82, 2.24) is 10.6 Å².